The highest BCUT2D eigenvalue weighted by Gasteiger charge is 2.03. The van der Waals surface area contributed by atoms with Crippen LogP contribution < -0.4 is 10.1 Å². The SMILES string of the molecule is CCOc1cc(CNCCCCN(C)C)ccc1O. The van der Waals surface area contributed by atoms with E-state index in [1.54, 1.807) is 6.07 Å². The standard InChI is InChI=1S/C15H26N2O2/c1-4-19-15-11-13(7-8-14(15)18)12-16-9-5-6-10-17(2)3/h7-8,11,16,18H,4-6,9-10,12H2,1-3H3. The van der Waals surface area contributed by atoms with E-state index in [1.807, 2.05) is 19.1 Å². The van der Waals surface area contributed by atoms with Gasteiger partial charge in [0.15, 0.2) is 11.5 Å². The van der Waals surface area contributed by atoms with Gasteiger partial charge in [-0.15, -0.1) is 0 Å². The Morgan fingerprint density at radius 3 is 2.74 bits per heavy atom. The lowest BCUT2D eigenvalue weighted by Gasteiger charge is -2.10. The fourth-order valence-electron chi connectivity index (χ4n) is 1.85. The maximum Gasteiger partial charge on any atom is 0.161 e. The van der Waals surface area contributed by atoms with E-state index in [9.17, 15) is 5.11 Å². The molecular weight excluding hydrogens is 240 g/mol. The van der Waals surface area contributed by atoms with Crippen molar-refractivity contribution in [3.05, 3.63) is 23.8 Å². The van der Waals surface area contributed by atoms with Crippen LogP contribution in [0.4, 0.5) is 0 Å². The molecule has 108 valence electrons. The lowest BCUT2D eigenvalue weighted by atomic mass is 10.2. The number of ether oxygens (including phenoxy) is 1. The van der Waals surface area contributed by atoms with E-state index < -0.39 is 0 Å². The predicted octanol–water partition coefficient (Wildman–Crippen LogP) is 2.22. The lowest BCUT2D eigenvalue weighted by molar-refractivity contribution is 0.317. The van der Waals surface area contributed by atoms with Gasteiger partial charge in [0.1, 0.15) is 0 Å². The summed E-state index contributed by atoms with van der Waals surface area (Å²) in [6.07, 6.45) is 2.38. The van der Waals surface area contributed by atoms with Gasteiger partial charge in [-0.2, -0.15) is 0 Å². The van der Waals surface area contributed by atoms with Crippen LogP contribution in [-0.2, 0) is 6.54 Å². The number of nitrogens with one attached hydrogen (secondary N) is 1. The van der Waals surface area contributed by atoms with Crippen molar-refractivity contribution in [3.8, 4) is 11.5 Å². The Morgan fingerprint density at radius 1 is 1.26 bits per heavy atom. The molecular formula is C15H26N2O2. The Morgan fingerprint density at radius 2 is 2.05 bits per heavy atom. The van der Waals surface area contributed by atoms with Crippen molar-refractivity contribution in [3.63, 3.8) is 0 Å². The number of phenols is 1. The summed E-state index contributed by atoms with van der Waals surface area (Å²) in [6, 6.07) is 5.50. The number of phenolic OH excluding ortho intramolecular Hbond substituents is 1. The highest BCUT2D eigenvalue weighted by Crippen LogP contribution is 2.26. The molecule has 0 spiro atoms. The van der Waals surface area contributed by atoms with Crippen LogP contribution in [0.3, 0.4) is 0 Å². The molecule has 0 aliphatic carbocycles. The number of hydrogen-bond donors (Lipinski definition) is 2. The van der Waals surface area contributed by atoms with E-state index >= 15 is 0 Å². The molecule has 0 heterocycles. The predicted molar refractivity (Wildman–Crippen MR) is 78.8 cm³/mol. The van der Waals surface area contributed by atoms with Crippen LogP contribution in [0.25, 0.3) is 0 Å². The Kier molecular flexibility index (Phi) is 7.30. The lowest BCUT2D eigenvalue weighted by Crippen LogP contribution is -2.18. The zero-order chi connectivity index (χ0) is 14.1. The van der Waals surface area contributed by atoms with Crippen molar-refractivity contribution in [2.75, 3.05) is 33.8 Å². The number of benzene rings is 1. The first-order valence-corrected chi connectivity index (χ1v) is 6.93. The maximum absolute atomic E-state index is 9.61. The minimum atomic E-state index is 0.205. The van der Waals surface area contributed by atoms with Crippen molar-refractivity contribution in [2.45, 2.75) is 26.3 Å². The molecule has 0 aromatic heterocycles. The molecule has 1 aromatic rings. The second kappa shape index (κ2) is 8.77. The number of unbranched alkanes of at least 4 members (excludes halogenated alkanes) is 1. The average molecular weight is 266 g/mol. The minimum absolute atomic E-state index is 0.205. The Hall–Kier alpha value is -1.26. The van der Waals surface area contributed by atoms with Crippen LogP contribution in [0.2, 0.25) is 0 Å². The van der Waals surface area contributed by atoms with Gasteiger partial charge in [-0.1, -0.05) is 6.07 Å². The Labute approximate surface area is 116 Å². The van der Waals surface area contributed by atoms with Crippen LogP contribution in [-0.4, -0.2) is 43.8 Å². The second-order valence-corrected chi connectivity index (χ2v) is 4.92. The summed E-state index contributed by atoms with van der Waals surface area (Å²) >= 11 is 0. The van der Waals surface area contributed by atoms with Crippen molar-refractivity contribution >= 4 is 0 Å². The van der Waals surface area contributed by atoms with Gasteiger partial charge in [0.05, 0.1) is 6.61 Å². The zero-order valence-corrected chi connectivity index (χ0v) is 12.3. The molecule has 0 radical (unpaired) electrons. The Bertz CT molecular complexity index is 367. The van der Waals surface area contributed by atoms with E-state index in [0.29, 0.717) is 12.4 Å². The topological polar surface area (TPSA) is 44.7 Å². The first-order valence-electron chi connectivity index (χ1n) is 6.93. The van der Waals surface area contributed by atoms with Crippen molar-refractivity contribution in [2.24, 2.45) is 0 Å². The summed E-state index contributed by atoms with van der Waals surface area (Å²) in [7, 11) is 4.19. The first kappa shape index (κ1) is 15.8. The average Bonchev–Trinajstić information content (AvgIpc) is 2.37. The molecule has 1 rings (SSSR count). The third-order valence-electron chi connectivity index (χ3n) is 2.86. The molecule has 0 saturated carbocycles. The monoisotopic (exact) mass is 266 g/mol. The summed E-state index contributed by atoms with van der Waals surface area (Å²) < 4.78 is 5.37. The zero-order valence-electron chi connectivity index (χ0n) is 12.3. The fourth-order valence-corrected chi connectivity index (χ4v) is 1.85. The fraction of sp³-hybridized carbons (Fsp3) is 0.600. The maximum atomic E-state index is 9.61. The summed E-state index contributed by atoms with van der Waals surface area (Å²) in [5.74, 6) is 0.769. The van der Waals surface area contributed by atoms with Gasteiger partial charge in [0, 0.05) is 6.54 Å². The van der Waals surface area contributed by atoms with Gasteiger partial charge in [0.2, 0.25) is 0 Å². The van der Waals surface area contributed by atoms with Gasteiger partial charge in [-0.3, -0.25) is 0 Å². The largest absolute Gasteiger partial charge is 0.504 e. The van der Waals surface area contributed by atoms with Gasteiger partial charge < -0.3 is 20.1 Å². The van der Waals surface area contributed by atoms with Crippen LogP contribution in [0.15, 0.2) is 18.2 Å². The third-order valence-corrected chi connectivity index (χ3v) is 2.86. The van der Waals surface area contributed by atoms with Crippen LogP contribution in [0.5, 0.6) is 11.5 Å². The van der Waals surface area contributed by atoms with E-state index in [1.165, 1.54) is 12.8 Å². The van der Waals surface area contributed by atoms with E-state index in [4.69, 9.17) is 4.74 Å². The summed E-state index contributed by atoms with van der Waals surface area (Å²) in [5.41, 5.74) is 1.13. The molecule has 0 atom stereocenters. The summed E-state index contributed by atoms with van der Waals surface area (Å²) in [4.78, 5) is 2.20. The van der Waals surface area contributed by atoms with Gasteiger partial charge in [0.25, 0.3) is 0 Å². The molecule has 0 aliphatic rings. The van der Waals surface area contributed by atoms with Crippen LogP contribution in [0, 0.1) is 0 Å². The molecule has 4 heteroatoms. The van der Waals surface area contributed by atoms with Crippen molar-refractivity contribution in [1.29, 1.82) is 0 Å². The van der Waals surface area contributed by atoms with Gasteiger partial charge in [-0.05, 0) is 64.6 Å². The first-order chi connectivity index (χ1) is 9.13. The molecule has 0 fully saturated rings. The molecule has 1 aromatic carbocycles. The molecule has 19 heavy (non-hydrogen) atoms. The van der Waals surface area contributed by atoms with E-state index in [2.05, 4.69) is 24.3 Å². The molecule has 0 saturated heterocycles. The number of hydrogen-bond acceptors (Lipinski definition) is 4. The summed E-state index contributed by atoms with van der Waals surface area (Å²) in [6.45, 7) is 5.43. The minimum Gasteiger partial charge on any atom is -0.504 e. The van der Waals surface area contributed by atoms with E-state index in [-0.39, 0.29) is 5.75 Å². The molecule has 0 amide bonds. The highest BCUT2D eigenvalue weighted by atomic mass is 16.5. The number of rotatable bonds is 9. The molecule has 4 nitrogen and oxygen atoms in total. The molecule has 0 unspecified atom stereocenters. The third kappa shape index (κ3) is 6.45. The smallest absolute Gasteiger partial charge is 0.161 e. The normalized spacial score (nSPS) is 10.9. The number of aromatic hydroxyl groups is 1. The second-order valence-electron chi connectivity index (χ2n) is 4.92. The Balaban J connectivity index is 2.27. The highest BCUT2D eigenvalue weighted by molar-refractivity contribution is 5.41. The van der Waals surface area contributed by atoms with Gasteiger partial charge in [-0.25, -0.2) is 0 Å². The van der Waals surface area contributed by atoms with E-state index in [0.717, 1.165) is 25.2 Å². The molecule has 0 aliphatic heterocycles. The van der Waals surface area contributed by atoms with Crippen molar-refractivity contribution in [1.82, 2.24) is 10.2 Å². The molecule has 0 bridgehead atoms. The van der Waals surface area contributed by atoms with Crippen LogP contribution in [0.1, 0.15) is 25.3 Å². The quantitative estimate of drug-likeness (QED) is 0.673. The van der Waals surface area contributed by atoms with Gasteiger partial charge >= 0.3 is 0 Å². The van der Waals surface area contributed by atoms with Crippen LogP contribution >= 0.6 is 0 Å². The van der Waals surface area contributed by atoms with Crippen molar-refractivity contribution < 1.29 is 9.84 Å². The summed E-state index contributed by atoms with van der Waals surface area (Å²) in [5, 5.41) is 13.0. The molecule has 2 N–H and O–H groups in total. The number of nitrogens with zero attached hydrogens (tertiary/aromatic N) is 1.